The Morgan fingerprint density at radius 3 is 2.44 bits per heavy atom. The molecule has 34 heavy (non-hydrogen) atoms. The van der Waals surface area contributed by atoms with Gasteiger partial charge in [-0.3, -0.25) is 14.4 Å². The van der Waals surface area contributed by atoms with Crippen molar-refractivity contribution in [3.8, 4) is 0 Å². The van der Waals surface area contributed by atoms with Gasteiger partial charge in [0.05, 0.1) is 10.9 Å². The highest BCUT2D eigenvalue weighted by molar-refractivity contribution is 7.93. The van der Waals surface area contributed by atoms with Crippen LogP contribution in [0.2, 0.25) is 10.0 Å². The number of aromatic nitrogens is 1. The number of sulfonamides is 1. The molecule has 0 bridgehead atoms. The molecule has 178 valence electrons. The summed E-state index contributed by atoms with van der Waals surface area (Å²) in [6, 6.07) is 11.8. The number of nitrogens with zero attached hydrogens (tertiary/aromatic N) is 3. The van der Waals surface area contributed by atoms with Crippen LogP contribution in [0.5, 0.6) is 0 Å². The molecule has 1 aromatic heterocycles. The molecule has 3 aromatic rings. The molecule has 2 aromatic carbocycles. The van der Waals surface area contributed by atoms with E-state index < -0.39 is 10.0 Å². The van der Waals surface area contributed by atoms with Crippen LogP contribution in [-0.2, 0) is 14.8 Å². The van der Waals surface area contributed by atoms with Gasteiger partial charge in [0.25, 0.3) is 10.0 Å². The van der Waals surface area contributed by atoms with E-state index in [9.17, 15) is 13.2 Å². The van der Waals surface area contributed by atoms with E-state index in [2.05, 4.69) is 14.6 Å². The van der Waals surface area contributed by atoms with Gasteiger partial charge in [-0.2, -0.15) is 0 Å². The van der Waals surface area contributed by atoms with Crippen LogP contribution in [0.3, 0.4) is 0 Å². The standard InChI is InChI=1S/C23H22Cl2N4O3S2/c24-17-11-16(12-18(25)13-17)15-5-8-28(14-15)21-6-9-29(22(21)30)19-1-3-20(4-2-19)34(31,32)27-23-26-7-10-33-23/h1-4,7,10-13,15,21H,5-6,8-9,14H2,(H,26,27)/t15-,21+/m1/s1. The van der Waals surface area contributed by atoms with Gasteiger partial charge in [0, 0.05) is 40.4 Å². The van der Waals surface area contributed by atoms with Gasteiger partial charge in [0.15, 0.2) is 5.13 Å². The number of benzene rings is 2. The smallest absolute Gasteiger partial charge is 0.263 e. The Kier molecular flexibility index (Phi) is 6.56. The van der Waals surface area contributed by atoms with Crippen LogP contribution < -0.4 is 9.62 Å². The van der Waals surface area contributed by atoms with E-state index in [1.54, 1.807) is 28.5 Å². The number of nitrogens with one attached hydrogen (secondary N) is 1. The molecular weight excluding hydrogens is 515 g/mol. The van der Waals surface area contributed by atoms with Gasteiger partial charge in [-0.25, -0.2) is 13.4 Å². The molecule has 2 atom stereocenters. The second kappa shape index (κ2) is 9.47. The third-order valence-corrected chi connectivity index (χ3v) is 8.92. The number of halogens is 2. The largest absolute Gasteiger partial charge is 0.311 e. The first-order chi connectivity index (χ1) is 16.3. The molecule has 7 nitrogen and oxygen atoms in total. The topological polar surface area (TPSA) is 82.6 Å². The van der Waals surface area contributed by atoms with Crippen LogP contribution in [0.25, 0.3) is 0 Å². The second-order valence-electron chi connectivity index (χ2n) is 8.41. The first-order valence-corrected chi connectivity index (χ1v) is 14.0. The predicted octanol–water partition coefficient (Wildman–Crippen LogP) is 4.85. The lowest BCUT2D eigenvalue weighted by Crippen LogP contribution is -2.40. The summed E-state index contributed by atoms with van der Waals surface area (Å²) in [5.41, 5.74) is 1.79. The molecule has 2 aliphatic rings. The Balaban J connectivity index is 1.25. The average molecular weight is 537 g/mol. The van der Waals surface area contributed by atoms with Crippen LogP contribution in [0.1, 0.15) is 24.3 Å². The number of hydrogen-bond acceptors (Lipinski definition) is 6. The third kappa shape index (κ3) is 4.81. The monoisotopic (exact) mass is 536 g/mol. The number of likely N-dealkylation sites (tertiary alicyclic amines) is 1. The van der Waals surface area contributed by atoms with E-state index in [0.717, 1.165) is 31.5 Å². The van der Waals surface area contributed by atoms with Gasteiger partial charge in [0.1, 0.15) is 0 Å². The summed E-state index contributed by atoms with van der Waals surface area (Å²) in [6.45, 7) is 2.20. The maximum absolute atomic E-state index is 13.2. The van der Waals surface area contributed by atoms with Crippen LogP contribution in [-0.4, -0.2) is 49.9 Å². The minimum absolute atomic E-state index is 0.0429. The van der Waals surface area contributed by atoms with Crippen molar-refractivity contribution >= 4 is 61.3 Å². The quantitative estimate of drug-likeness (QED) is 0.487. The van der Waals surface area contributed by atoms with Crippen molar-refractivity contribution in [2.45, 2.75) is 29.7 Å². The maximum Gasteiger partial charge on any atom is 0.263 e. The maximum atomic E-state index is 13.2. The molecular formula is C23H22Cl2N4O3S2. The highest BCUT2D eigenvalue weighted by atomic mass is 35.5. The van der Waals surface area contributed by atoms with Crippen molar-refractivity contribution in [2.75, 3.05) is 29.3 Å². The molecule has 3 heterocycles. The fourth-order valence-electron chi connectivity index (χ4n) is 4.67. The zero-order valence-electron chi connectivity index (χ0n) is 18.0. The van der Waals surface area contributed by atoms with Gasteiger partial charge in [-0.05, 0) is 73.3 Å². The number of carbonyl (C=O) groups excluding carboxylic acids is 1. The first kappa shape index (κ1) is 23.6. The van der Waals surface area contributed by atoms with Gasteiger partial charge < -0.3 is 4.90 Å². The average Bonchev–Trinajstić information content (AvgIpc) is 3.54. The Morgan fingerprint density at radius 2 is 1.76 bits per heavy atom. The Hall–Kier alpha value is -2.17. The normalized spacial score (nSPS) is 21.4. The van der Waals surface area contributed by atoms with Gasteiger partial charge in [-0.15, -0.1) is 11.3 Å². The fraction of sp³-hybridized carbons (Fsp3) is 0.304. The summed E-state index contributed by atoms with van der Waals surface area (Å²) < 4.78 is 27.6. The number of carbonyl (C=O) groups is 1. The summed E-state index contributed by atoms with van der Waals surface area (Å²) in [5.74, 6) is 0.328. The summed E-state index contributed by atoms with van der Waals surface area (Å²) in [6.07, 6.45) is 3.21. The minimum Gasteiger partial charge on any atom is -0.311 e. The molecule has 2 saturated heterocycles. The molecule has 0 saturated carbocycles. The molecule has 5 rings (SSSR count). The van der Waals surface area contributed by atoms with E-state index in [0.29, 0.717) is 27.4 Å². The molecule has 11 heteroatoms. The van der Waals surface area contributed by atoms with Crippen LogP contribution in [0.15, 0.2) is 58.9 Å². The minimum atomic E-state index is -3.73. The van der Waals surface area contributed by atoms with E-state index in [-0.39, 0.29) is 22.8 Å². The molecule has 1 N–H and O–H groups in total. The number of anilines is 2. The third-order valence-electron chi connectivity index (χ3n) is 6.31. The predicted molar refractivity (Wildman–Crippen MR) is 136 cm³/mol. The van der Waals surface area contributed by atoms with Crippen molar-refractivity contribution in [3.05, 3.63) is 69.7 Å². The van der Waals surface area contributed by atoms with E-state index >= 15 is 0 Å². The summed E-state index contributed by atoms with van der Waals surface area (Å²) in [5, 5.41) is 3.25. The second-order valence-corrected chi connectivity index (χ2v) is 11.9. The summed E-state index contributed by atoms with van der Waals surface area (Å²) >= 11 is 13.6. The van der Waals surface area contributed by atoms with Gasteiger partial charge in [-0.1, -0.05) is 23.2 Å². The van der Waals surface area contributed by atoms with Crippen LogP contribution in [0, 0.1) is 0 Å². The zero-order chi connectivity index (χ0) is 23.9. The Labute approximate surface area is 212 Å². The number of rotatable bonds is 6. The highest BCUT2D eigenvalue weighted by Crippen LogP contribution is 2.35. The Bertz CT molecular complexity index is 1280. The van der Waals surface area contributed by atoms with E-state index in [4.69, 9.17) is 23.2 Å². The van der Waals surface area contributed by atoms with Gasteiger partial charge in [0.2, 0.25) is 5.91 Å². The number of hydrogen-bond donors (Lipinski definition) is 1. The summed E-state index contributed by atoms with van der Waals surface area (Å²) in [7, 11) is -3.73. The molecule has 0 aliphatic carbocycles. The Morgan fingerprint density at radius 1 is 1.03 bits per heavy atom. The molecule has 2 fully saturated rings. The van der Waals surface area contributed by atoms with Crippen molar-refractivity contribution < 1.29 is 13.2 Å². The number of thiazole rings is 1. The van der Waals surface area contributed by atoms with Crippen molar-refractivity contribution in [1.82, 2.24) is 9.88 Å². The van der Waals surface area contributed by atoms with Crippen molar-refractivity contribution in [3.63, 3.8) is 0 Å². The van der Waals surface area contributed by atoms with E-state index in [1.165, 1.54) is 29.7 Å². The lowest BCUT2D eigenvalue weighted by Gasteiger charge is -2.23. The summed E-state index contributed by atoms with van der Waals surface area (Å²) in [4.78, 5) is 21.3. The van der Waals surface area contributed by atoms with Crippen LogP contribution >= 0.6 is 34.5 Å². The molecule has 1 amide bonds. The lowest BCUT2D eigenvalue weighted by atomic mass is 9.98. The SMILES string of the molecule is O=C1[C@@H](N2CC[C@@H](c3cc(Cl)cc(Cl)c3)C2)CCN1c1ccc(S(=O)(=O)Nc2nccs2)cc1. The van der Waals surface area contributed by atoms with E-state index in [1.807, 2.05) is 12.1 Å². The highest BCUT2D eigenvalue weighted by Gasteiger charge is 2.40. The first-order valence-electron chi connectivity index (χ1n) is 10.8. The molecule has 0 radical (unpaired) electrons. The zero-order valence-corrected chi connectivity index (χ0v) is 21.2. The van der Waals surface area contributed by atoms with Crippen molar-refractivity contribution in [2.24, 2.45) is 0 Å². The molecule has 2 aliphatic heterocycles. The molecule has 0 unspecified atom stereocenters. The van der Waals surface area contributed by atoms with Crippen LogP contribution in [0.4, 0.5) is 10.8 Å². The number of amides is 1. The fourth-order valence-corrected chi connectivity index (χ4v) is 7.00. The van der Waals surface area contributed by atoms with Gasteiger partial charge >= 0.3 is 0 Å². The van der Waals surface area contributed by atoms with Crippen molar-refractivity contribution in [1.29, 1.82) is 0 Å². The lowest BCUT2D eigenvalue weighted by molar-refractivity contribution is -0.121. The molecule has 0 spiro atoms.